The number of H-pyrrole nitrogens is 1. The molecule has 4 rings (SSSR count). The van der Waals surface area contributed by atoms with Gasteiger partial charge in [0.2, 0.25) is 5.95 Å². The van der Waals surface area contributed by atoms with E-state index >= 15 is 0 Å². The topological polar surface area (TPSA) is 88.6 Å². The molecule has 0 atom stereocenters. The van der Waals surface area contributed by atoms with Gasteiger partial charge in [0.05, 0.1) is 17.7 Å². The van der Waals surface area contributed by atoms with Gasteiger partial charge in [-0.15, -0.1) is 5.10 Å². The van der Waals surface area contributed by atoms with Crippen molar-refractivity contribution in [1.82, 2.24) is 25.1 Å². The first-order valence-electron chi connectivity index (χ1n) is 8.39. The maximum absolute atomic E-state index is 5.73. The number of hydrogen-bond donors (Lipinski definition) is 2. The molecule has 2 N–H and O–H groups in total. The Kier molecular flexibility index (Phi) is 4.18. The minimum Gasteiger partial charge on any atom is -0.493 e. The summed E-state index contributed by atoms with van der Waals surface area (Å²) in [7, 11) is 0. The number of aromatic nitrogens is 5. The van der Waals surface area contributed by atoms with E-state index in [0.29, 0.717) is 24.2 Å². The highest BCUT2D eigenvalue weighted by molar-refractivity contribution is 5.92. The Morgan fingerprint density at radius 3 is 2.62 bits per heavy atom. The molecule has 7 nitrogen and oxygen atoms in total. The molecule has 0 bridgehead atoms. The van der Waals surface area contributed by atoms with E-state index in [1.54, 1.807) is 0 Å². The maximum atomic E-state index is 5.73. The molecule has 0 unspecified atom stereocenters. The van der Waals surface area contributed by atoms with Crippen molar-refractivity contribution < 1.29 is 4.74 Å². The van der Waals surface area contributed by atoms with Crippen LogP contribution in [0.15, 0.2) is 48.5 Å². The third-order valence-electron chi connectivity index (χ3n) is 3.86. The number of nitrogens with one attached hydrogen (secondary N) is 2. The number of aryl methyl sites for hydroxylation is 1. The number of para-hydroxylation sites is 2. The van der Waals surface area contributed by atoms with Crippen LogP contribution in [0, 0.1) is 6.92 Å². The Bertz CT molecular complexity index is 1060. The Labute approximate surface area is 150 Å². The van der Waals surface area contributed by atoms with Crippen LogP contribution in [0.25, 0.3) is 22.3 Å². The number of aromatic amines is 1. The molecule has 4 aromatic rings. The molecular formula is C19H18N6O. The van der Waals surface area contributed by atoms with Crippen LogP contribution in [0.1, 0.15) is 12.7 Å². The molecule has 2 aromatic heterocycles. The zero-order valence-corrected chi connectivity index (χ0v) is 14.5. The lowest BCUT2D eigenvalue weighted by molar-refractivity contribution is 0.341. The molecule has 0 fully saturated rings. The molecular weight excluding hydrogens is 328 g/mol. The molecule has 0 radical (unpaired) electrons. The van der Waals surface area contributed by atoms with Crippen molar-refractivity contribution in [3.8, 4) is 17.1 Å². The van der Waals surface area contributed by atoms with Gasteiger partial charge in [-0.1, -0.05) is 24.3 Å². The highest BCUT2D eigenvalue weighted by atomic mass is 16.5. The molecule has 0 saturated heterocycles. The van der Waals surface area contributed by atoms with Gasteiger partial charge in [-0.05, 0) is 38.1 Å². The van der Waals surface area contributed by atoms with Crippen LogP contribution < -0.4 is 10.1 Å². The fourth-order valence-corrected chi connectivity index (χ4v) is 2.73. The number of rotatable bonds is 5. The number of hydrogen-bond acceptors (Lipinski definition) is 6. The summed E-state index contributed by atoms with van der Waals surface area (Å²) in [6, 6.07) is 15.6. The summed E-state index contributed by atoms with van der Waals surface area (Å²) in [4.78, 5) is 13.7. The van der Waals surface area contributed by atoms with E-state index in [1.165, 1.54) is 0 Å². The van der Waals surface area contributed by atoms with Crippen molar-refractivity contribution >= 4 is 22.7 Å². The first-order valence-corrected chi connectivity index (χ1v) is 8.39. The molecule has 26 heavy (non-hydrogen) atoms. The number of anilines is 2. The van der Waals surface area contributed by atoms with Crippen LogP contribution in [-0.2, 0) is 0 Å². The van der Waals surface area contributed by atoms with E-state index in [4.69, 9.17) is 14.7 Å². The third kappa shape index (κ3) is 3.06. The first-order chi connectivity index (χ1) is 12.7. The van der Waals surface area contributed by atoms with Gasteiger partial charge in [0.25, 0.3) is 0 Å². The molecule has 130 valence electrons. The minimum absolute atomic E-state index is 0.468. The van der Waals surface area contributed by atoms with E-state index in [-0.39, 0.29) is 0 Å². The smallest absolute Gasteiger partial charge is 0.247 e. The van der Waals surface area contributed by atoms with Crippen molar-refractivity contribution in [3.05, 3.63) is 54.4 Å². The zero-order valence-electron chi connectivity index (χ0n) is 14.5. The minimum atomic E-state index is 0.468. The number of ether oxygens (including phenoxy) is 1. The van der Waals surface area contributed by atoms with E-state index < -0.39 is 0 Å². The van der Waals surface area contributed by atoms with Gasteiger partial charge in [-0.2, -0.15) is 4.98 Å². The molecule has 0 aliphatic carbocycles. The van der Waals surface area contributed by atoms with Crippen molar-refractivity contribution in [2.75, 3.05) is 11.9 Å². The van der Waals surface area contributed by atoms with Crippen LogP contribution >= 0.6 is 0 Å². The second-order valence-electron chi connectivity index (χ2n) is 5.71. The predicted octanol–water partition coefficient (Wildman–Crippen LogP) is 3.87. The molecule has 0 amide bonds. The maximum Gasteiger partial charge on any atom is 0.247 e. The monoisotopic (exact) mass is 346 g/mol. The summed E-state index contributed by atoms with van der Waals surface area (Å²) in [5.41, 5.74) is 1.67. The van der Waals surface area contributed by atoms with Crippen molar-refractivity contribution in [2.45, 2.75) is 13.8 Å². The van der Waals surface area contributed by atoms with Gasteiger partial charge in [-0.3, -0.25) is 5.10 Å². The molecule has 0 spiro atoms. The third-order valence-corrected chi connectivity index (χ3v) is 3.86. The largest absolute Gasteiger partial charge is 0.493 e. The lowest BCUT2D eigenvalue weighted by atomic mass is 10.1. The van der Waals surface area contributed by atoms with Crippen LogP contribution in [0.3, 0.4) is 0 Å². The van der Waals surface area contributed by atoms with Gasteiger partial charge >= 0.3 is 0 Å². The highest BCUT2D eigenvalue weighted by Crippen LogP contribution is 2.31. The van der Waals surface area contributed by atoms with Crippen LogP contribution in [-0.4, -0.2) is 31.8 Å². The number of fused-ring (bicyclic) bond motifs is 1. The van der Waals surface area contributed by atoms with E-state index in [2.05, 4.69) is 20.5 Å². The van der Waals surface area contributed by atoms with Gasteiger partial charge in [-0.25, -0.2) is 9.97 Å². The summed E-state index contributed by atoms with van der Waals surface area (Å²) >= 11 is 0. The first kappa shape index (κ1) is 16.0. The van der Waals surface area contributed by atoms with E-state index in [0.717, 1.165) is 28.0 Å². The van der Waals surface area contributed by atoms with E-state index in [1.807, 2.05) is 62.4 Å². The van der Waals surface area contributed by atoms with Crippen molar-refractivity contribution in [1.29, 1.82) is 0 Å². The van der Waals surface area contributed by atoms with Gasteiger partial charge in [0.15, 0.2) is 5.82 Å². The second-order valence-corrected chi connectivity index (χ2v) is 5.71. The van der Waals surface area contributed by atoms with E-state index in [9.17, 15) is 0 Å². The quantitative estimate of drug-likeness (QED) is 0.570. The average molecular weight is 346 g/mol. The fraction of sp³-hybridized carbons (Fsp3) is 0.158. The summed E-state index contributed by atoms with van der Waals surface area (Å²) in [6.07, 6.45) is 0. The lowest BCUT2D eigenvalue weighted by Gasteiger charge is -2.12. The predicted molar refractivity (Wildman–Crippen MR) is 101 cm³/mol. The molecule has 7 heteroatoms. The molecule has 0 aliphatic rings. The van der Waals surface area contributed by atoms with Crippen molar-refractivity contribution in [3.63, 3.8) is 0 Å². The summed E-state index contributed by atoms with van der Waals surface area (Å²) < 4.78 is 5.73. The van der Waals surface area contributed by atoms with Gasteiger partial charge in [0, 0.05) is 5.39 Å². The normalized spacial score (nSPS) is 10.8. The molecule has 0 aliphatic heterocycles. The Morgan fingerprint density at radius 2 is 1.81 bits per heavy atom. The van der Waals surface area contributed by atoms with Crippen LogP contribution in [0.5, 0.6) is 5.75 Å². The van der Waals surface area contributed by atoms with Crippen LogP contribution in [0.4, 0.5) is 11.8 Å². The molecule has 2 aromatic carbocycles. The van der Waals surface area contributed by atoms with Crippen LogP contribution in [0.2, 0.25) is 0 Å². The lowest BCUT2D eigenvalue weighted by Crippen LogP contribution is -2.02. The average Bonchev–Trinajstić information content (AvgIpc) is 3.07. The van der Waals surface area contributed by atoms with Gasteiger partial charge in [0.1, 0.15) is 17.4 Å². The fourth-order valence-electron chi connectivity index (χ4n) is 2.73. The SMILES string of the molecule is CCOc1ccccc1-c1nc(Nc2n[nH]c(C)n2)c2ccccc2n1. The zero-order chi connectivity index (χ0) is 17.9. The Hall–Kier alpha value is -3.48. The summed E-state index contributed by atoms with van der Waals surface area (Å²) in [5.74, 6) is 3.19. The number of benzene rings is 2. The Balaban J connectivity index is 1.86. The molecule has 0 saturated carbocycles. The summed E-state index contributed by atoms with van der Waals surface area (Å²) in [6.45, 7) is 4.38. The number of nitrogens with zero attached hydrogens (tertiary/aromatic N) is 4. The second kappa shape index (κ2) is 6.79. The highest BCUT2D eigenvalue weighted by Gasteiger charge is 2.14. The van der Waals surface area contributed by atoms with Gasteiger partial charge < -0.3 is 10.1 Å². The van der Waals surface area contributed by atoms with Crippen molar-refractivity contribution in [2.24, 2.45) is 0 Å². The summed E-state index contributed by atoms with van der Waals surface area (Å²) in [5, 5.41) is 11.0. The standard InChI is InChI=1S/C19H18N6O/c1-3-26-16-11-7-5-9-14(16)18-21-15-10-6-4-8-13(15)17(22-18)23-19-20-12(2)24-25-19/h4-11H,3H2,1-2H3,(H2,20,21,22,23,24,25). The Morgan fingerprint density at radius 1 is 1.00 bits per heavy atom. The molecule has 2 heterocycles.